The van der Waals surface area contributed by atoms with Crippen molar-refractivity contribution in [3.05, 3.63) is 82.8 Å². The van der Waals surface area contributed by atoms with Crippen molar-refractivity contribution in [2.45, 2.75) is 4.90 Å². The third-order valence-electron chi connectivity index (χ3n) is 4.02. The molecule has 2 N–H and O–H groups in total. The van der Waals surface area contributed by atoms with Crippen LogP contribution in [0.25, 0.3) is 10.6 Å². The lowest BCUT2D eigenvalue weighted by Gasteiger charge is -2.09. The van der Waals surface area contributed by atoms with E-state index in [4.69, 9.17) is 0 Å². The standard InChI is InChI=1S/C20H14FN3O3S3/c21-14-5-9-16(10-6-14)30(26,27)24-15-7-3-13(4-8-15)19(25)23-20-22-17(12-29-20)18-2-1-11-28-18/h1-12,24H,(H,22,23,25). The van der Waals surface area contributed by atoms with Gasteiger partial charge in [0.25, 0.3) is 15.9 Å². The minimum Gasteiger partial charge on any atom is -0.298 e. The molecule has 0 unspecified atom stereocenters. The van der Waals surface area contributed by atoms with E-state index < -0.39 is 15.8 Å². The van der Waals surface area contributed by atoms with Crippen molar-refractivity contribution >= 4 is 49.4 Å². The largest absolute Gasteiger partial charge is 0.298 e. The van der Waals surface area contributed by atoms with Crippen LogP contribution in [0.2, 0.25) is 0 Å². The summed E-state index contributed by atoms with van der Waals surface area (Å²) in [7, 11) is -3.86. The summed E-state index contributed by atoms with van der Waals surface area (Å²) in [6, 6.07) is 14.4. The van der Waals surface area contributed by atoms with Gasteiger partial charge >= 0.3 is 0 Å². The van der Waals surface area contributed by atoms with E-state index in [0.29, 0.717) is 10.7 Å². The zero-order valence-electron chi connectivity index (χ0n) is 15.2. The van der Waals surface area contributed by atoms with Gasteiger partial charge in [0.1, 0.15) is 5.82 Å². The summed E-state index contributed by atoms with van der Waals surface area (Å²) in [6.45, 7) is 0. The topological polar surface area (TPSA) is 88.2 Å². The van der Waals surface area contributed by atoms with E-state index in [9.17, 15) is 17.6 Å². The first kappa shape index (κ1) is 20.2. The second-order valence-corrected chi connectivity index (χ2v) is 9.59. The molecule has 0 spiro atoms. The Hall–Kier alpha value is -3.08. The quantitative estimate of drug-likeness (QED) is 0.422. The molecule has 0 saturated heterocycles. The molecule has 2 aromatic carbocycles. The molecule has 30 heavy (non-hydrogen) atoms. The number of thiazole rings is 1. The van der Waals surface area contributed by atoms with Crippen LogP contribution in [0.1, 0.15) is 10.4 Å². The minimum absolute atomic E-state index is 0.0592. The Bertz CT molecular complexity index is 1270. The van der Waals surface area contributed by atoms with Gasteiger partial charge in [-0.25, -0.2) is 17.8 Å². The van der Waals surface area contributed by atoms with Crippen LogP contribution >= 0.6 is 22.7 Å². The summed E-state index contributed by atoms with van der Waals surface area (Å²) < 4.78 is 40.1. The maximum absolute atomic E-state index is 13.0. The normalized spacial score (nSPS) is 11.2. The number of aromatic nitrogens is 1. The highest BCUT2D eigenvalue weighted by atomic mass is 32.2. The molecule has 6 nitrogen and oxygen atoms in total. The first-order valence-corrected chi connectivity index (χ1v) is 11.8. The van der Waals surface area contributed by atoms with Gasteiger partial charge in [-0.1, -0.05) is 6.07 Å². The smallest absolute Gasteiger partial charge is 0.261 e. The summed E-state index contributed by atoms with van der Waals surface area (Å²) in [4.78, 5) is 17.8. The van der Waals surface area contributed by atoms with Gasteiger partial charge in [-0.05, 0) is 60.0 Å². The van der Waals surface area contributed by atoms with Crippen LogP contribution in [0.5, 0.6) is 0 Å². The van der Waals surface area contributed by atoms with E-state index in [1.54, 1.807) is 11.3 Å². The number of benzene rings is 2. The molecule has 0 aliphatic rings. The van der Waals surface area contributed by atoms with Crippen LogP contribution in [0.4, 0.5) is 15.2 Å². The third kappa shape index (κ3) is 4.56. The number of sulfonamides is 1. The molecule has 4 aromatic rings. The van der Waals surface area contributed by atoms with Crippen molar-refractivity contribution in [1.82, 2.24) is 4.98 Å². The number of hydrogen-bond donors (Lipinski definition) is 2. The molecule has 0 aliphatic heterocycles. The molecule has 152 valence electrons. The highest BCUT2D eigenvalue weighted by Crippen LogP contribution is 2.28. The van der Waals surface area contributed by atoms with E-state index in [0.717, 1.165) is 22.7 Å². The van der Waals surface area contributed by atoms with Gasteiger partial charge in [0, 0.05) is 16.6 Å². The monoisotopic (exact) mass is 459 g/mol. The van der Waals surface area contributed by atoms with E-state index in [2.05, 4.69) is 15.0 Å². The van der Waals surface area contributed by atoms with Crippen molar-refractivity contribution < 1.29 is 17.6 Å². The predicted molar refractivity (Wildman–Crippen MR) is 117 cm³/mol. The Labute approximate surface area is 180 Å². The summed E-state index contributed by atoms with van der Waals surface area (Å²) in [5, 5.41) is 7.04. The summed E-state index contributed by atoms with van der Waals surface area (Å²) in [5.41, 5.74) is 1.44. The zero-order chi connectivity index (χ0) is 21.1. The van der Waals surface area contributed by atoms with E-state index >= 15 is 0 Å². The molecule has 0 fully saturated rings. The fourth-order valence-electron chi connectivity index (χ4n) is 2.56. The number of carbonyl (C=O) groups excluding carboxylic acids is 1. The third-order valence-corrected chi connectivity index (χ3v) is 7.07. The van der Waals surface area contributed by atoms with Gasteiger partial charge in [0.2, 0.25) is 0 Å². The second kappa shape index (κ2) is 8.34. The van der Waals surface area contributed by atoms with Gasteiger partial charge in [-0.15, -0.1) is 22.7 Å². The van der Waals surface area contributed by atoms with Crippen LogP contribution in [0.15, 0.2) is 76.3 Å². The first-order chi connectivity index (χ1) is 14.4. The Kier molecular flexibility index (Phi) is 5.62. The number of thiophene rings is 1. The van der Waals surface area contributed by atoms with Gasteiger partial charge in [-0.2, -0.15) is 0 Å². The average molecular weight is 460 g/mol. The SMILES string of the molecule is O=C(Nc1nc(-c2cccs2)cs1)c1ccc(NS(=O)(=O)c2ccc(F)cc2)cc1. The summed E-state index contributed by atoms with van der Waals surface area (Å²) in [5.74, 6) is -0.873. The lowest BCUT2D eigenvalue weighted by Crippen LogP contribution is -2.14. The van der Waals surface area contributed by atoms with Gasteiger partial charge in [0.05, 0.1) is 15.5 Å². The number of carbonyl (C=O) groups is 1. The van der Waals surface area contributed by atoms with Crippen LogP contribution in [0.3, 0.4) is 0 Å². The molecule has 10 heteroatoms. The van der Waals surface area contributed by atoms with Crippen LogP contribution in [0, 0.1) is 5.82 Å². The number of rotatable bonds is 6. The van der Waals surface area contributed by atoms with Crippen molar-refractivity contribution in [2.24, 2.45) is 0 Å². The summed E-state index contributed by atoms with van der Waals surface area (Å²) >= 11 is 2.89. The molecule has 2 aromatic heterocycles. The van der Waals surface area contributed by atoms with E-state index in [1.165, 1.54) is 47.7 Å². The Morgan fingerprint density at radius 1 is 0.967 bits per heavy atom. The maximum atomic E-state index is 13.0. The number of amides is 1. The van der Waals surface area contributed by atoms with Crippen molar-refractivity contribution in [2.75, 3.05) is 10.0 Å². The highest BCUT2D eigenvalue weighted by molar-refractivity contribution is 7.92. The van der Waals surface area contributed by atoms with Crippen LogP contribution < -0.4 is 10.0 Å². The molecular formula is C20H14FN3O3S3. The fourth-order valence-corrected chi connectivity index (χ4v) is 5.08. The molecule has 2 heterocycles. The molecule has 0 bridgehead atoms. The molecule has 1 amide bonds. The van der Waals surface area contributed by atoms with Gasteiger partial charge in [0.15, 0.2) is 5.13 Å². The van der Waals surface area contributed by atoms with Crippen LogP contribution in [-0.2, 0) is 10.0 Å². The van der Waals surface area contributed by atoms with Crippen molar-refractivity contribution in [3.63, 3.8) is 0 Å². The Morgan fingerprint density at radius 3 is 2.37 bits per heavy atom. The molecular weight excluding hydrogens is 445 g/mol. The Morgan fingerprint density at radius 2 is 1.70 bits per heavy atom. The van der Waals surface area contributed by atoms with Crippen LogP contribution in [-0.4, -0.2) is 19.3 Å². The minimum atomic E-state index is -3.86. The summed E-state index contributed by atoms with van der Waals surface area (Å²) in [6.07, 6.45) is 0. The van der Waals surface area contributed by atoms with Crippen molar-refractivity contribution in [3.8, 4) is 10.6 Å². The Balaban J connectivity index is 1.43. The lowest BCUT2D eigenvalue weighted by molar-refractivity contribution is 0.102. The maximum Gasteiger partial charge on any atom is 0.261 e. The highest BCUT2D eigenvalue weighted by Gasteiger charge is 2.15. The van der Waals surface area contributed by atoms with E-state index in [1.807, 2.05) is 22.9 Å². The number of hydrogen-bond acceptors (Lipinski definition) is 6. The molecule has 0 saturated carbocycles. The average Bonchev–Trinajstić information content (AvgIpc) is 3.40. The first-order valence-electron chi connectivity index (χ1n) is 8.60. The van der Waals surface area contributed by atoms with Gasteiger partial charge < -0.3 is 0 Å². The number of nitrogens with one attached hydrogen (secondary N) is 2. The second-order valence-electron chi connectivity index (χ2n) is 6.11. The van der Waals surface area contributed by atoms with Gasteiger partial charge in [-0.3, -0.25) is 14.8 Å². The zero-order valence-corrected chi connectivity index (χ0v) is 17.7. The number of nitrogens with zero attached hydrogens (tertiary/aromatic N) is 1. The fraction of sp³-hybridized carbons (Fsp3) is 0. The predicted octanol–water partition coefficient (Wildman–Crippen LogP) is 5.06. The number of anilines is 2. The lowest BCUT2D eigenvalue weighted by atomic mass is 10.2. The molecule has 4 rings (SSSR count). The molecule has 0 radical (unpaired) electrons. The van der Waals surface area contributed by atoms with E-state index in [-0.39, 0.29) is 16.5 Å². The number of halogens is 1. The molecule has 0 atom stereocenters. The van der Waals surface area contributed by atoms with Crippen molar-refractivity contribution in [1.29, 1.82) is 0 Å². The molecule has 0 aliphatic carbocycles.